The number of halogens is 3. The van der Waals surface area contributed by atoms with E-state index in [2.05, 4.69) is 0 Å². The molecule has 1 aromatic carbocycles. The van der Waals surface area contributed by atoms with Crippen LogP contribution in [0.1, 0.15) is 30.6 Å². The Kier molecular flexibility index (Phi) is 5.75. The third-order valence-corrected chi connectivity index (χ3v) is 2.64. The summed E-state index contributed by atoms with van der Waals surface area (Å²) >= 11 is 0. The number of Topliss-reactive ketones (excluding diaryl/α,β-unsaturated/α-hetero) is 1. The van der Waals surface area contributed by atoms with Crippen LogP contribution in [0.5, 0.6) is 5.75 Å². The number of alkyl halides is 3. The molecule has 1 aromatic rings. The quantitative estimate of drug-likeness (QED) is 0.822. The largest absolute Gasteiger partial charge is 0.481 e. The number of carbonyl (C=O) groups excluding carboxylic acids is 2. The molecule has 1 rings (SSSR count). The Hall–Kier alpha value is -2.05. The van der Waals surface area contributed by atoms with Crippen LogP contribution in [0.25, 0.3) is 0 Å². The Morgan fingerprint density at radius 2 is 1.81 bits per heavy atom. The van der Waals surface area contributed by atoms with Crippen molar-refractivity contribution in [2.75, 3.05) is 6.54 Å². The second-order valence-electron chi connectivity index (χ2n) is 4.39. The second kappa shape index (κ2) is 7.10. The molecule has 4 nitrogen and oxygen atoms in total. The number of ether oxygens (including phenoxy) is 1. The highest BCUT2D eigenvalue weighted by Gasteiger charge is 2.29. The van der Waals surface area contributed by atoms with Crippen LogP contribution in [-0.4, -0.2) is 30.5 Å². The molecule has 0 aliphatic carbocycles. The van der Waals surface area contributed by atoms with Crippen LogP contribution < -0.4 is 10.1 Å². The topological polar surface area (TPSA) is 55.4 Å². The van der Waals surface area contributed by atoms with Gasteiger partial charge in [-0.25, -0.2) is 0 Å². The zero-order valence-corrected chi connectivity index (χ0v) is 11.7. The SMILES string of the molecule is CCC(=O)c1ccc(O[C@@H](C)C(=O)NCC(F)(F)F)cc1. The summed E-state index contributed by atoms with van der Waals surface area (Å²) < 4.78 is 41.1. The highest BCUT2D eigenvalue weighted by Crippen LogP contribution is 2.16. The van der Waals surface area contributed by atoms with Crippen molar-refractivity contribution in [2.24, 2.45) is 0 Å². The van der Waals surface area contributed by atoms with E-state index in [9.17, 15) is 22.8 Å². The minimum Gasteiger partial charge on any atom is -0.481 e. The van der Waals surface area contributed by atoms with Crippen molar-refractivity contribution >= 4 is 11.7 Å². The van der Waals surface area contributed by atoms with Gasteiger partial charge in [0.2, 0.25) is 0 Å². The minimum absolute atomic E-state index is 0.0301. The molecule has 21 heavy (non-hydrogen) atoms. The first-order chi connectivity index (χ1) is 9.73. The Balaban J connectivity index is 2.56. The number of rotatable bonds is 6. The zero-order chi connectivity index (χ0) is 16.0. The summed E-state index contributed by atoms with van der Waals surface area (Å²) in [6.45, 7) is 1.68. The molecule has 0 fully saturated rings. The molecule has 1 amide bonds. The fourth-order valence-corrected chi connectivity index (χ4v) is 1.51. The maximum absolute atomic E-state index is 12.0. The average molecular weight is 303 g/mol. The summed E-state index contributed by atoms with van der Waals surface area (Å²) in [7, 11) is 0. The lowest BCUT2D eigenvalue weighted by Gasteiger charge is -2.15. The predicted molar refractivity (Wildman–Crippen MR) is 70.2 cm³/mol. The van der Waals surface area contributed by atoms with Crippen LogP contribution in [0.2, 0.25) is 0 Å². The van der Waals surface area contributed by atoms with Gasteiger partial charge >= 0.3 is 6.18 Å². The molecule has 0 unspecified atom stereocenters. The van der Waals surface area contributed by atoms with Gasteiger partial charge in [0.15, 0.2) is 11.9 Å². The van der Waals surface area contributed by atoms with Crippen molar-refractivity contribution in [1.82, 2.24) is 5.32 Å². The summed E-state index contributed by atoms with van der Waals surface area (Å²) in [5, 5.41) is 1.74. The first-order valence-electron chi connectivity index (χ1n) is 6.37. The van der Waals surface area contributed by atoms with E-state index in [1.807, 2.05) is 0 Å². The van der Waals surface area contributed by atoms with Gasteiger partial charge in [0.05, 0.1) is 0 Å². The Bertz CT molecular complexity index is 497. The van der Waals surface area contributed by atoms with Gasteiger partial charge in [-0.2, -0.15) is 13.2 Å². The maximum Gasteiger partial charge on any atom is 0.405 e. The molecular formula is C14H16F3NO3. The molecule has 1 atom stereocenters. The second-order valence-corrected chi connectivity index (χ2v) is 4.39. The molecule has 0 aliphatic heterocycles. The minimum atomic E-state index is -4.46. The average Bonchev–Trinajstić information content (AvgIpc) is 2.43. The van der Waals surface area contributed by atoms with Crippen molar-refractivity contribution in [1.29, 1.82) is 0 Å². The lowest BCUT2D eigenvalue weighted by atomic mass is 10.1. The van der Waals surface area contributed by atoms with Crippen molar-refractivity contribution < 1.29 is 27.5 Å². The summed E-state index contributed by atoms with van der Waals surface area (Å²) in [5.74, 6) is -0.587. The standard InChI is InChI=1S/C14H16F3NO3/c1-3-12(19)10-4-6-11(7-5-10)21-9(2)13(20)18-8-14(15,16)17/h4-7,9H,3,8H2,1-2H3,(H,18,20)/t9-/m0/s1. The summed E-state index contributed by atoms with van der Waals surface area (Å²) in [4.78, 5) is 22.8. The van der Waals surface area contributed by atoms with Gasteiger partial charge in [-0.3, -0.25) is 9.59 Å². The van der Waals surface area contributed by atoms with Crippen LogP contribution in [0.15, 0.2) is 24.3 Å². The summed E-state index contributed by atoms with van der Waals surface area (Å²) in [6, 6.07) is 6.08. The van der Waals surface area contributed by atoms with Gasteiger partial charge < -0.3 is 10.1 Å². The first-order valence-corrected chi connectivity index (χ1v) is 6.37. The van der Waals surface area contributed by atoms with Crippen molar-refractivity contribution in [3.63, 3.8) is 0 Å². The van der Waals surface area contributed by atoms with E-state index in [-0.39, 0.29) is 5.78 Å². The van der Waals surface area contributed by atoms with Crippen LogP contribution >= 0.6 is 0 Å². The van der Waals surface area contributed by atoms with Crippen LogP contribution in [0, 0.1) is 0 Å². The molecule has 1 N–H and O–H groups in total. The van der Waals surface area contributed by atoms with Gasteiger partial charge in [-0.05, 0) is 31.2 Å². The van der Waals surface area contributed by atoms with Crippen molar-refractivity contribution in [3.8, 4) is 5.75 Å². The number of nitrogens with one attached hydrogen (secondary N) is 1. The highest BCUT2D eigenvalue weighted by atomic mass is 19.4. The normalized spacial score (nSPS) is 12.6. The van der Waals surface area contributed by atoms with E-state index >= 15 is 0 Å². The Morgan fingerprint density at radius 3 is 2.29 bits per heavy atom. The number of hydrogen-bond acceptors (Lipinski definition) is 3. The van der Waals surface area contributed by atoms with Gasteiger partial charge in [-0.15, -0.1) is 0 Å². The van der Waals surface area contributed by atoms with Gasteiger partial charge in [0.1, 0.15) is 12.3 Å². The molecule has 7 heteroatoms. The molecular weight excluding hydrogens is 287 g/mol. The fourth-order valence-electron chi connectivity index (χ4n) is 1.51. The third kappa shape index (κ3) is 5.85. The summed E-state index contributed by atoms with van der Waals surface area (Å²) in [6.07, 6.45) is -5.16. The molecule has 0 saturated heterocycles. The lowest BCUT2D eigenvalue weighted by molar-refractivity contribution is -0.142. The van der Waals surface area contributed by atoms with Gasteiger partial charge in [-0.1, -0.05) is 6.92 Å². The van der Waals surface area contributed by atoms with Crippen molar-refractivity contribution in [3.05, 3.63) is 29.8 Å². The molecule has 0 aromatic heterocycles. The number of ketones is 1. The number of carbonyl (C=O) groups is 2. The number of hydrogen-bond donors (Lipinski definition) is 1. The van der Waals surface area contributed by atoms with Gasteiger partial charge in [0.25, 0.3) is 5.91 Å². The summed E-state index contributed by atoms with van der Waals surface area (Å²) in [5.41, 5.74) is 0.513. The molecule has 0 saturated carbocycles. The van der Waals surface area contributed by atoms with E-state index in [1.54, 1.807) is 24.4 Å². The van der Waals surface area contributed by atoms with Crippen LogP contribution in [0.3, 0.4) is 0 Å². The fraction of sp³-hybridized carbons (Fsp3) is 0.429. The Morgan fingerprint density at radius 1 is 1.24 bits per heavy atom. The third-order valence-electron chi connectivity index (χ3n) is 2.64. The molecule has 0 radical (unpaired) electrons. The van der Waals surface area contributed by atoms with Crippen LogP contribution in [0.4, 0.5) is 13.2 Å². The smallest absolute Gasteiger partial charge is 0.405 e. The zero-order valence-electron chi connectivity index (χ0n) is 11.7. The predicted octanol–water partition coefficient (Wildman–Crippen LogP) is 2.73. The molecule has 0 aliphatic rings. The number of amides is 1. The van der Waals surface area contributed by atoms with E-state index in [4.69, 9.17) is 4.74 Å². The van der Waals surface area contributed by atoms with Crippen molar-refractivity contribution in [2.45, 2.75) is 32.5 Å². The molecule has 116 valence electrons. The van der Waals surface area contributed by atoms with E-state index in [0.29, 0.717) is 17.7 Å². The Labute approximate surface area is 120 Å². The van der Waals surface area contributed by atoms with Gasteiger partial charge in [0, 0.05) is 12.0 Å². The number of benzene rings is 1. The van der Waals surface area contributed by atoms with E-state index in [1.165, 1.54) is 19.1 Å². The maximum atomic E-state index is 12.0. The van der Waals surface area contributed by atoms with Crippen LogP contribution in [-0.2, 0) is 4.79 Å². The molecule has 0 spiro atoms. The molecule has 0 heterocycles. The lowest BCUT2D eigenvalue weighted by Crippen LogP contribution is -2.41. The van der Waals surface area contributed by atoms with E-state index < -0.39 is 24.7 Å². The first kappa shape index (κ1) is 17.0. The highest BCUT2D eigenvalue weighted by molar-refractivity contribution is 5.95. The monoisotopic (exact) mass is 303 g/mol. The molecule has 0 bridgehead atoms. The van der Waals surface area contributed by atoms with E-state index in [0.717, 1.165) is 0 Å².